The molecule has 0 amide bonds. The minimum absolute atomic E-state index is 0.281. The number of phenols is 1. The molecule has 3 heterocycles. The molecule has 0 unspecified atom stereocenters. The van der Waals surface area contributed by atoms with Gasteiger partial charge in [0.25, 0.3) is 0 Å². The fourth-order valence-corrected chi connectivity index (χ4v) is 4.39. The van der Waals surface area contributed by atoms with Gasteiger partial charge in [0.15, 0.2) is 5.65 Å². The molecule has 0 spiro atoms. The summed E-state index contributed by atoms with van der Waals surface area (Å²) in [5.74, 6) is 1.90. The summed E-state index contributed by atoms with van der Waals surface area (Å²) in [7, 11) is 0. The number of hydrogen-bond donors (Lipinski definition) is 2. The molecule has 0 bridgehead atoms. The van der Waals surface area contributed by atoms with Crippen LogP contribution in [0, 0.1) is 17.2 Å². The number of anilines is 1. The van der Waals surface area contributed by atoms with Crippen LogP contribution in [-0.4, -0.2) is 31.2 Å². The lowest BCUT2D eigenvalue weighted by molar-refractivity contribution is 0.474. The van der Waals surface area contributed by atoms with E-state index in [9.17, 15) is 10.4 Å². The summed E-state index contributed by atoms with van der Waals surface area (Å²) in [5, 5.41) is 27.2. The first-order chi connectivity index (χ1) is 15.5. The molecule has 4 aromatic rings. The maximum atomic E-state index is 9.77. The van der Waals surface area contributed by atoms with Gasteiger partial charge in [-0.3, -0.25) is 4.98 Å². The summed E-state index contributed by atoms with van der Waals surface area (Å²) in [6, 6.07) is 11.6. The summed E-state index contributed by atoms with van der Waals surface area (Å²) in [6.45, 7) is 5.03. The van der Waals surface area contributed by atoms with Gasteiger partial charge in [-0.1, -0.05) is 19.9 Å². The molecule has 1 aromatic carbocycles. The first-order valence-corrected chi connectivity index (χ1v) is 10.8. The van der Waals surface area contributed by atoms with E-state index in [2.05, 4.69) is 35.3 Å². The van der Waals surface area contributed by atoms with Crippen LogP contribution in [0.25, 0.3) is 16.9 Å². The third kappa shape index (κ3) is 3.65. The van der Waals surface area contributed by atoms with Gasteiger partial charge < -0.3 is 10.4 Å². The molecule has 0 radical (unpaired) electrons. The molecule has 7 nitrogen and oxygen atoms in total. The molecule has 2 N–H and O–H groups in total. The Morgan fingerprint density at radius 1 is 1.16 bits per heavy atom. The minimum atomic E-state index is 0.281. The molecule has 32 heavy (non-hydrogen) atoms. The molecule has 3 aromatic heterocycles. The molecule has 1 atom stereocenters. The molecule has 0 saturated heterocycles. The highest BCUT2D eigenvalue weighted by molar-refractivity contribution is 5.68. The molecular formula is C25H24N6O. The lowest BCUT2D eigenvalue weighted by atomic mass is 10.1. The van der Waals surface area contributed by atoms with Crippen molar-refractivity contribution in [1.82, 2.24) is 19.6 Å². The SMILES string of the molecule is CC(C)c1cnn2c(NC[C@H]3Cc4ccc(O)cc4C3)cc(-c3cncc(C#N)c3)nc12. The number of aromatic hydroxyl groups is 1. The van der Waals surface area contributed by atoms with Crippen molar-refractivity contribution in [3.8, 4) is 23.1 Å². The van der Waals surface area contributed by atoms with Crippen molar-refractivity contribution in [2.75, 3.05) is 11.9 Å². The Hall–Kier alpha value is -3.92. The number of pyridine rings is 1. The number of rotatable bonds is 5. The van der Waals surface area contributed by atoms with Gasteiger partial charge in [-0.2, -0.15) is 14.9 Å². The molecule has 7 heteroatoms. The van der Waals surface area contributed by atoms with Crippen molar-refractivity contribution in [3.05, 3.63) is 71.2 Å². The highest BCUT2D eigenvalue weighted by Crippen LogP contribution is 2.31. The highest BCUT2D eigenvalue weighted by Gasteiger charge is 2.22. The van der Waals surface area contributed by atoms with Crippen molar-refractivity contribution in [2.24, 2.45) is 5.92 Å². The summed E-state index contributed by atoms with van der Waals surface area (Å²) in [5.41, 5.74) is 6.46. The van der Waals surface area contributed by atoms with Crippen LogP contribution >= 0.6 is 0 Å². The molecule has 0 fully saturated rings. The number of fused-ring (bicyclic) bond motifs is 2. The average Bonchev–Trinajstić information content (AvgIpc) is 3.41. The summed E-state index contributed by atoms with van der Waals surface area (Å²) in [4.78, 5) is 9.07. The minimum Gasteiger partial charge on any atom is -0.508 e. The van der Waals surface area contributed by atoms with E-state index in [1.165, 1.54) is 11.1 Å². The zero-order valence-electron chi connectivity index (χ0n) is 18.1. The van der Waals surface area contributed by atoms with E-state index in [0.717, 1.165) is 47.7 Å². The average molecular weight is 425 g/mol. The number of nitrogens with one attached hydrogen (secondary N) is 1. The van der Waals surface area contributed by atoms with E-state index in [0.29, 0.717) is 17.2 Å². The standard InChI is InChI=1S/C25H24N6O/c1-15(2)22-14-29-31-24(28-12-16-5-18-3-4-21(32)8-19(18)6-16)9-23(30-25(22)31)20-7-17(10-26)11-27-13-20/h3-4,7-9,11,13-16,28,32H,5-6,12H2,1-2H3/t16-/m0/s1. The van der Waals surface area contributed by atoms with Crippen LogP contribution < -0.4 is 5.32 Å². The third-order valence-electron chi connectivity index (χ3n) is 6.06. The smallest absolute Gasteiger partial charge is 0.161 e. The second-order valence-electron chi connectivity index (χ2n) is 8.70. The first kappa shape index (κ1) is 20.0. The van der Waals surface area contributed by atoms with Gasteiger partial charge in [0.05, 0.1) is 17.5 Å². The lowest BCUT2D eigenvalue weighted by Gasteiger charge is -2.15. The predicted octanol–water partition coefficient (Wildman–Crippen LogP) is 4.32. The zero-order chi connectivity index (χ0) is 22.2. The van der Waals surface area contributed by atoms with Gasteiger partial charge in [0, 0.05) is 36.1 Å². The van der Waals surface area contributed by atoms with Crippen LogP contribution in [-0.2, 0) is 12.8 Å². The van der Waals surface area contributed by atoms with Gasteiger partial charge in [-0.25, -0.2) is 4.98 Å². The monoisotopic (exact) mass is 424 g/mol. The second-order valence-corrected chi connectivity index (χ2v) is 8.70. The first-order valence-electron chi connectivity index (χ1n) is 10.8. The number of hydrogen-bond acceptors (Lipinski definition) is 6. The van der Waals surface area contributed by atoms with Crippen LogP contribution in [0.4, 0.5) is 5.82 Å². The van der Waals surface area contributed by atoms with Crippen molar-refractivity contribution in [2.45, 2.75) is 32.6 Å². The van der Waals surface area contributed by atoms with Crippen LogP contribution in [0.15, 0.2) is 48.9 Å². The van der Waals surface area contributed by atoms with Crippen molar-refractivity contribution < 1.29 is 5.11 Å². The van der Waals surface area contributed by atoms with E-state index in [1.54, 1.807) is 24.5 Å². The molecule has 160 valence electrons. The Labute approximate surface area is 186 Å². The van der Waals surface area contributed by atoms with Gasteiger partial charge >= 0.3 is 0 Å². The van der Waals surface area contributed by atoms with Crippen molar-refractivity contribution >= 4 is 11.5 Å². The Morgan fingerprint density at radius 3 is 2.81 bits per heavy atom. The molecular weight excluding hydrogens is 400 g/mol. The van der Waals surface area contributed by atoms with E-state index < -0.39 is 0 Å². The van der Waals surface area contributed by atoms with Gasteiger partial charge in [-0.05, 0) is 54.0 Å². The lowest BCUT2D eigenvalue weighted by Crippen LogP contribution is -2.17. The number of benzene rings is 1. The molecule has 5 rings (SSSR count). The maximum Gasteiger partial charge on any atom is 0.161 e. The van der Waals surface area contributed by atoms with Crippen LogP contribution in [0.1, 0.15) is 42.0 Å². The molecule has 1 aliphatic rings. The Morgan fingerprint density at radius 2 is 2.00 bits per heavy atom. The summed E-state index contributed by atoms with van der Waals surface area (Å²) < 4.78 is 1.86. The molecule has 0 aliphatic heterocycles. The van der Waals surface area contributed by atoms with E-state index in [1.807, 2.05) is 28.9 Å². The van der Waals surface area contributed by atoms with E-state index in [-0.39, 0.29) is 5.92 Å². The molecule has 0 saturated carbocycles. The van der Waals surface area contributed by atoms with E-state index in [4.69, 9.17) is 4.98 Å². The topological polar surface area (TPSA) is 99.1 Å². The van der Waals surface area contributed by atoms with Gasteiger partial charge in [-0.15, -0.1) is 0 Å². The van der Waals surface area contributed by atoms with Gasteiger partial charge in [0.2, 0.25) is 0 Å². The summed E-state index contributed by atoms with van der Waals surface area (Å²) >= 11 is 0. The normalized spacial score (nSPS) is 15.1. The quantitative estimate of drug-likeness (QED) is 0.495. The van der Waals surface area contributed by atoms with E-state index >= 15 is 0 Å². The number of aromatic nitrogens is 4. The Kier molecular flexibility index (Phi) is 4.98. The largest absolute Gasteiger partial charge is 0.508 e. The Bertz CT molecular complexity index is 1350. The van der Waals surface area contributed by atoms with Crippen molar-refractivity contribution in [1.29, 1.82) is 5.26 Å². The number of nitrogens with zero attached hydrogens (tertiary/aromatic N) is 5. The molecule has 1 aliphatic carbocycles. The zero-order valence-corrected chi connectivity index (χ0v) is 18.1. The van der Waals surface area contributed by atoms with Crippen LogP contribution in [0.2, 0.25) is 0 Å². The third-order valence-corrected chi connectivity index (χ3v) is 6.06. The number of nitriles is 1. The Balaban J connectivity index is 1.48. The fourth-order valence-electron chi connectivity index (χ4n) is 4.39. The van der Waals surface area contributed by atoms with Gasteiger partial charge in [0.1, 0.15) is 17.6 Å². The summed E-state index contributed by atoms with van der Waals surface area (Å²) in [6.07, 6.45) is 7.07. The maximum absolute atomic E-state index is 9.77. The van der Waals surface area contributed by atoms with Crippen molar-refractivity contribution in [3.63, 3.8) is 0 Å². The number of phenolic OH excluding ortho intramolecular Hbond substituents is 1. The fraction of sp³-hybridized carbons (Fsp3) is 0.280. The van der Waals surface area contributed by atoms with Crippen LogP contribution in [0.3, 0.4) is 0 Å². The second kappa shape index (κ2) is 7.97. The predicted molar refractivity (Wildman–Crippen MR) is 123 cm³/mol. The highest BCUT2D eigenvalue weighted by atomic mass is 16.3. The van der Waals surface area contributed by atoms with Crippen LogP contribution in [0.5, 0.6) is 5.75 Å².